The molecule has 0 fully saturated rings. The zero-order chi connectivity index (χ0) is 10.6. The second-order valence-electron chi connectivity index (χ2n) is 4.24. The summed E-state index contributed by atoms with van der Waals surface area (Å²) in [5, 5.41) is 3.34. The van der Waals surface area contributed by atoms with Crippen LogP contribution in [0.4, 0.5) is 0 Å². The molecule has 14 heavy (non-hydrogen) atoms. The highest BCUT2D eigenvalue weighted by Crippen LogP contribution is 2.19. The highest BCUT2D eigenvalue weighted by Gasteiger charge is 2.12. The fraction of sp³-hybridized carbons (Fsp3) is 0.727. The van der Waals surface area contributed by atoms with Crippen molar-refractivity contribution in [2.75, 3.05) is 7.05 Å². The van der Waals surface area contributed by atoms with E-state index in [1.54, 1.807) is 0 Å². The predicted molar refractivity (Wildman–Crippen MR) is 59.1 cm³/mol. The lowest BCUT2D eigenvalue weighted by atomic mass is 10.0. The summed E-state index contributed by atoms with van der Waals surface area (Å²) in [5.41, 5.74) is 1.27. The first-order valence-electron chi connectivity index (χ1n) is 5.28. The minimum Gasteiger partial charge on any atom is -0.336 e. The van der Waals surface area contributed by atoms with Crippen LogP contribution < -0.4 is 5.32 Å². The molecule has 1 unspecified atom stereocenters. The molecule has 80 valence electrons. The minimum absolute atomic E-state index is 0.435. The van der Waals surface area contributed by atoms with E-state index >= 15 is 0 Å². The van der Waals surface area contributed by atoms with Crippen molar-refractivity contribution >= 4 is 0 Å². The summed E-state index contributed by atoms with van der Waals surface area (Å²) in [6.45, 7) is 4.52. The molecule has 1 aromatic heterocycles. The second kappa shape index (κ2) is 5.15. The molecule has 0 aliphatic carbocycles. The second-order valence-corrected chi connectivity index (χ2v) is 4.24. The van der Waals surface area contributed by atoms with Crippen LogP contribution in [-0.4, -0.2) is 16.6 Å². The number of hydrogen-bond donors (Lipinski definition) is 1. The van der Waals surface area contributed by atoms with Gasteiger partial charge in [0.1, 0.15) is 0 Å². The van der Waals surface area contributed by atoms with Crippen LogP contribution in [0, 0.1) is 5.92 Å². The molecule has 0 bridgehead atoms. The number of aryl methyl sites for hydroxylation is 1. The Morgan fingerprint density at radius 1 is 1.43 bits per heavy atom. The number of hydrogen-bond acceptors (Lipinski definition) is 2. The van der Waals surface area contributed by atoms with Gasteiger partial charge in [0.25, 0.3) is 0 Å². The Bertz CT molecular complexity index is 265. The van der Waals surface area contributed by atoms with Gasteiger partial charge in [-0.1, -0.05) is 13.8 Å². The van der Waals surface area contributed by atoms with Gasteiger partial charge in [-0.15, -0.1) is 0 Å². The topological polar surface area (TPSA) is 29.9 Å². The molecule has 0 radical (unpaired) electrons. The monoisotopic (exact) mass is 195 g/mol. The van der Waals surface area contributed by atoms with Gasteiger partial charge in [-0.05, 0) is 25.8 Å². The van der Waals surface area contributed by atoms with E-state index in [4.69, 9.17) is 0 Å². The molecule has 1 aromatic rings. The first-order chi connectivity index (χ1) is 6.65. The van der Waals surface area contributed by atoms with Crippen LogP contribution in [0.3, 0.4) is 0 Å². The third-order valence-electron chi connectivity index (χ3n) is 2.59. The zero-order valence-electron chi connectivity index (χ0n) is 9.62. The Morgan fingerprint density at radius 3 is 2.57 bits per heavy atom. The van der Waals surface area contributed by atoms with Crippen molar-refractivity contribution in [2.24, 2.45) is 13.0 Å². The van der Waals surface area contributed by atoms with Crippen LogP contribution in [-0.2, 0) is 7.05 Å². The average molecular weight is 195 g/mol. The van der Waals surface area contributed by atoms with Crippen LogP contribution >= 0.6 is 0 Å². The minimum atomic E-state index is 0.435. The van der Waals surface area contributed by atoms with Crippen molar-refractivity contribution in [3.8, 4) is 0 Å². The molecule has 1 N–H and O–H groups in total. The maximum Gasteiger partial charge on any atom is 0.0946 e. The van der Waals surface area contributed by atoms with Gasteiger partial charge in [0, 0.05) is 19.3 Å². The van der Waals surface area contributed by atoms with E-state index in [0.717, 1.165) is 5.92 Å². The lowest BCUT2D eigenvalue weighted by Gasteiger charge is -2.17. The Labute approximate surface area is 86.5 Å². The molecule has 0 saturated heterocycles. The SMILES string of the molecule is CNC(CCC(C)C)c1cncn1C. The number of imidazole rings is 1. The molecule has 1 heterocycles. The van der Waals surface area contributed by atoms with Gasteiger partial charge in [-0.2, -0.15) is 0 Å². The summed E-state index contributed by atoms with van der Waals surface area (Å²) in [5.74, 6) is 0.763. The molecule has 0 saturated carbocycles. The van der Waals surface area contributed by atoms with Gasteiger partial charge < -0.3 is 9.88 Å². The van der Waals surface area contributed by atoms with Crippen molar-refractivity contribution < 1.29 is 0 Å². The van der Waals surface area contributed by atoms with Crippen LogP contribution in [0.25, 0.3) is 0 Å². The average Bonchev–Trinajstić information content (AvgIpc) is 2.53. The quantitative estimate of drug-likeness (QED) is 0.780. The maximum absolute atomic E-state index is 4.14. The molecule has 0 amide bonds. The third kappa shape index (κ3) is 2.84. The maximum atomic E-state index is 4.14. The van der Waals surface area contributed by atoms with Crippen molar-refractivity contribution in [3.05, 3.63) is 18.2 Å². The molecule has 3 heteroatoms. The lowest BCUT2D eigenvalue weighted by molar-refractivity contribution is 0.450. The summed E-state index contributed by atoms with van der Waals surface area (Å²) in [4.78, 5) is 4.14. The Kier molecular flexibility index (Phi) is 4.14. The number of rotatable bonds is 5. The number of aromatic nitrogens is 2. The summed E-state index contributed by atoms with van der Waals surface area (Å²) < 4.78 is 2.08. The normalized spacial score (nSPS) is 13.5. The number of nitrogens with zero attached hydrogens (tertiary/aromatic N) is 2. The highest BCUT2D eigenvalue weighted by molar-refractivity contribution is 5.04. The lowest BCUT2D eigenvalue weighted by Crippen LogP contribution is -2.19. The van der Waals surface area contributed by atoms with E-state index in [1.807, 2.05) is 26.6 Å². The summed E-state index contributed by atoms with van der Waals surface area (Å²) in [7, 11) is 4.06. The van der Waals surface area contributed by atoms with Gasteiger partial charge in [-0.3, -0.25) is 0 Å². The Hall–Kier alpha value is -0.830. The van der Waals surface area contributed by atoms with Crippen LogP contribution in [0.5, 0.6) is 0 Å². The molecular weight excluding hydrogens is 174 g/mol. The van der Waals surface area contributed by atoms with Gasteiger partial charge in [0.15, 0.2) is 0 Å². The third-order valence-corrected chi connectivity index (χ3v) is 2.59. The van der Waals surface area contributed by atoms with Crippen molar-refractivity contribution in [2.45, 2.75) is 32.7 Å². The Balaban J connectivity index is 2.58. The van der Waals surface area contributed by atoms with Crippen molar-refractivity contribution in [3.63, 3.8) is 0 Å². The van der Waals surface area contributed by atoms with E-state index in [2.05, 4.69) is 28.7 Å². The molecule has 1 atom stereocenters. The van der Waals surface area contributed by atoms with Gasteiger partial charge in [-0.25, -0.2) is 4.98 Å². The largest absolute Gasteiger partial charge is 0.336 e. The molecule has 1 rings (SSSR count). The van der Waals surface area contributed by atoms with E-state index in [0.29, 0.717) is 6.04 Å². The van der Waals surface area contributed by atoms with Crippen LogP contribution in [0.1, 0.15) is 38.4 Å². The smallest absolute Gasteiger partial charge is 0.0946 e. The van der Waals surface area contributed by atoms with Crippen LogP contribution in [0.15, 0.2) is 12.5 Å². The first-order valence-corrected chi connectivity index (χ1v) is 5.28. The Morgan fingerprint density at radius 2 is 2.14 bits per heavy atom. The number of nitrogens with one attached hydrogen (secondary N) is 1. The molecule has 0 aromatic carbocycles. The zero-order valence-corrected chi connectivity index (χ0v) is 9.62. The highest BCUT2D eigenvalue weighted by atomic mass is 15.1. The van der Waals surface area contributed by atoms with E-state index in [-0.39, 0.29) is 0 Å². The molecule has 0 aliphatic heterocycles. The summed E-state index contributed by atoms with van der Waals surface area (Å²) in [6, 6.07) is 0.435. The van der Waals surface area contributed by atoms with Gasteiger partial charge in [0.05, 0.1) is 12.0 Å². The van der Waals surface area contributed by atoms with E-state index in [1.165, 1.54) is 18.5 Å². The molecular formula is C11H21N3. The summed E-state index contributed by atoms with van der Waals surface area (Å²) in [6.07, 6.45) is 6.22. The van der Waals surface area contributed by atoms with E-state index < -0.39 is 0 Å². The molecule has 0 aliphatic rings. The predicted octanol–water partition coefficient (Wildman–Crippen LogP) is 2.12. The van der Waals surface area contributed by atoms with E-state index in [9.17, 15) is 0 Å². The van der Waals surface area contributed by atoms with Gasteiger partial charge in [0.2, 0.25) is 0 Å². The fourth-order valence-electron chi connectivity index (χ4n) is 1.64. The van der Waals surface area contributed by atoms with Gasteiger partial charge >= 0.3 is 0 Å². The summed E-state index contributed by atoms with van der Waals surface area (Å²) >= 11 is 0. The fourth-order valence-corrected chi connectivity index (χ4v) is 1.64. The molecule has 3 nitrogen and oxygen atoms in total. The molecule has 0 spiro atoms. The first kappa shape index (κ1) is 11.2. The van der Waals surface area contributed by atoms with Crippen molar-refractivity contribution in [1.82, 2.24) is 14.9 Å². The van der Waals surface area contributed by atoms with Crippen LogP contribution in [0.2, 0.25) is 0 Å². The van der Waals surface area contributed by atoms with Crippen molar-refractivity contribution in [1.29, 1.82) is 0 Å². The standard InChI is InChI=1S/C11H21N3/c1-9(2)5-6-10(12-3)11-7-13-8-14(11)4/h7-10,12H,5-6H2,1-4H3.